The van der Waals surface area contributed by atoms with Crippen molar-refractivity contribution in [2.75, 3.05) is 0 Å². The first-order chi connectivity index (χ1) is 5.26. The predicted molar refractivity (Wildman–Crippen MR) is 44.3 cm³/mol. The molecule has 0 radical (unpaired) electrons. The summed E-state index contributed by atoms with van der Waals surface area (Å²) in [5.41, 5.74) is 0.556. The van der Waals surface area contributed by atoms with Crippen LogP contribution in [0, 0.1) is 5.41 Å². The summed E-state index contributed by atoms with van der Waals surface area (Å²) in [6, 6.07) is 0.718. The molecule has 1 saturated carbocycles. The van der Waals surface area contributed by atoms with Crippen molar-refractivity contribution in [2.24, 2.45) is 5.41 Å². The van der Waals surface area contributed by atoms with E-state index < -0.39 is 0 Å². The molecule has 0 amide bonds. The van der Waals surface area contributed by atoms with Gasteiger partial charge in [-0.1, -0.05) is 13.8 Å². The van der Waals surface area contributed by atoms with Crippen LogP contribution in [0.4, 0.5) is 0 Å². The fourth-order valence-electron chi connectivity index (χ4n) is 1.68. The first-order valence-electron chi connectivity index (χ1n) is 4.24. The molecule has 1 aromatic rings. The lowest BCUT2D eigenvalue weighted by Gasteiger charge is -2.06. The highest BCUT2D eigenvalue weighted by molar-refractivity contribution is 5.03. The van der Waals surface area contributed by atoms with Gasteiger partial charge in [-0.3, -0.25) is 0 Å². The summed E-state index contributed by atoms with van der Waals surface area (Å²) in [6.07, 6.45) is 8.43. The van der Waals surface area contributed by atoms with E-state index in [4.69, 9.17) is 0 Å². The second-order valence-corrected chi connectivity index (χ2v) is 3.74. The quantitative estimate of drug-likeness (QED) is 0.632. The molecule has 0 saturated heterocycles. The molecule has 2 heteroatoms. The van der Waals surface area contributed by atoms with Gasteiger partial charge in [0.2, 0.25) is 0 Å². The fourth-order valence-corrected chi connectivity index (χ4v) is 1.68. The van der Waals surface area contributed by atoms with E-state index in [0.717, 1.165) is 6.04 Å². The van der Waals surface area contributed by atoms with Crippen LogP contribution in [0.3, 0.4) is 0 Å². The Hall–Kier alpha value is -0.790. The van der Waals surface area contributed by atoms with Gasteiger partial charge in [-0.15, -0.1) is 0 Å². The molecule has 0 aromatic carbocycles. The molecule has 60 valence electrons. The highest BCUT2D eigenvalue weighted by Crippen LogP contribution is 2.57. The second-order valence-electron chi connectivity index (χ2n) is 3.74. The topological polar surface area (TPSA) is 17.8 Å². The third kappa shape index (κ3) is 0.971. The minimum atomic E-state index is 0.556. The molecule has 0 N–H and O–H groups in total. The average molecular weight is 150 g/mol. The molecule has 2 nitrogen and oxygen atoms in total. The van der Waals surface area contributed by atoms with Gasteiger partial charge in [0.15, 0.2) is 0 Å². The number of imidazole rings is 1. The van der Waals surface area contributed by atoms with Crippen molar-refractivity contribution < 1.29 is 0 Å². The molecule has 0 spiro atoms. The Kier molecular flexibility index (Phi) is 1.31. The highest BCUT2D eigenvalue weighted by Gasteiger charge is 2.49. The maximum absolute atomic E-state index is 4.05. The summed E-state index contributed by atoms with van der Waals surface area (Å²) in [4.78, 5) is 4.05. The van der Waals surface area contributed by atoms with Gasteiger partial charge in [0, 0.05) is 18.4 Å². The van der Waals surface area contributed by atoms with Gasteiger partial charge < -0.3 is 4.57 Å². The molecule has 1 aliphatic carbocycles. The molecule has 2 atom stereocenters. The Bertz CT molecular complexity index is 240. The van der Waals surface area contributed by atoms with Gasteiger partial charge in [0.05, 0.1) is 6.33 Å². The fraction of sp³-hybridized carbons (Fsp3) is 0.667. The molecule has 11 heavy (non-hydrogen) atoms. The summed E-state index contributed by atoms with van der Waals surface area (Å²) < 4.78 is 2.23. The Morgan fingerprint density at radius 2 is 2.55 bits per heavy atom. The zero-order valence-electron chi connectivity index (χ0n) is 7.12. The molecule has 0 bridgehead atoms. The number of aromatic nitrogens is 2. The van der Waals surface area contributed by atoms with E-state index >= 15 is 0 Å². The predicted octanol–water partition coefficient (Wildman–Crippen LogP) is 2.24. The monoisotopic (exact) mass is 150 g/mol. The van der Waals surface area contributed by atoms with Gasteiger partial charge in [-0.05, 0) is 18.3 Å². The largest absolute Gasteiger partial charge is 0.334 e. The maximum atomic E-state index is 4.05. The van der Waals surface area contributed by atoms with Crippen LogP contribution in [0.15, 0.2) is 18.7 Å². The van der Waals surface area contributed by atoms with E-state index in [9.17, 15) is 0 Å². The molecule has 1 aromatic heterocycles. The number of hydrogen-bond donors (Lipinski definition) is 0. The lowest BCUT2D eigenvalue weighted by Crippen LogP contribution is -1.99. The minimum Gasteiger partial charge on any atom is -0.334 e. The van der Waals surface area contributed by atoms with Crippen LogP contribution in [-0.2, 0) is 0 Å². The molecule has 2 rings (SSSR count). The Balaban J connectivity index is 2.13. The van der Waals surface area contributed by atoms with Crippen molar-refractivity contribution >= 4 is 0 Å². The smallest absolute Gasteiger partial charge is 0.0948 e. The van der Waals surface area contributed by atoms with E-state index in [1.165, 1.54) is 12.8 Å². The van der Waals surface area contributed by atoms with Crippen LogP contribution >= 0.6 is 0 Å². The van der Waals surface area contributed by atoms with Gasteiger partial charge in [-0.25, -0.2) is 4.98 Å². The van der Waals surface area contributed by atoms with Crippen molar-refractivity contribution in [3.8, 4) is 0 Å². The Morgan fingerprint density at radius 1 is 1.73 bits per heavy atom. The molecule has 1 unspecified atom stereocenters. The summed E-state index contributed by atoms with van der Waals surface area (Å²) in [6.45, 7) is 4.61. The van der Waals surface area contributed by atoms with Crippen LogP contribution < -0.4 is 0 Å². The lowest BCUT2D eigenvalue weighted by molar-refractivity contribution is 0.475. The average Bonchev–Trinajstić information content (AvgIpc) is 2.53. The molecular formula is C9H14N2. The Morgan fingerprint density at radius 3 is 3.00 bits per heavy atom. The normalized spacial score (nSPS) is 35.6. The molecule has 0 aliphatic heterocycles. The van der Waals surface area contributed by atoms with Crippen molar-refractivity contribution in [1.29, 1.82) is 0 Å². The molecule has 1 heterocycles. The third-order valence-corrected chi connectivity index (χ3v) is 3.00. The van der Waals surface area contributed by atoms with E-state index in [0.29, 0.717) is 5.41 Å². The standard InChI is InChI=1S/C9H14N2/c1-3-9(2)6-8(9)11-5-4-10-7-11/h4-5,7-8H,3,6H2,1-2H3/t8?,9-/m0/s1. The molecular weight excluding hydrogens is 136 g/mol. The Labute approximate surface area is 67.3 Å². The SMILES string of the molecule is CC[C@@]1(C)CC1n1ccnc1. The first kappa shape index (κ1) is 6.89. The van der Waals surface area contributed by atoms with Crippen LogP contribution in [-0.4, -0.2) is 9.55 Å². The second kappa shape index (κ2) is 2.10. The summed E-state index contributed by atoms with van der Waals surface area (Å²) in [5.74, 6) is 0. The first-order valence-corrected chi connectivity index (χ1v) is 4.24. The van der Waals surface area contributed by atoms with Crippen LogP contribution in [0.5, 0.6) is 0 Å². The molecule has 1 fully saturated rings. The van der Waals surface area contributed by atoms with Gasteiger partial charge in [0.1, 0.15) is 0 Å². The number of rotatable bonds is 2. The molecule has 1 aliphatic rings. The van der Waals surface area contributed by atoms with Crippen LogP contribution in [0.25, 0.3) is 0 Å². The third-order valence-electron chi connectivity index (χ3n) is 3.00. The summed E-state index contributed by atoms with van der Waals surface area (Å²) in [5, 5.41) is 0. The van der Waals surface area contributed by atoms with Crippen molar-refractivity contribution in [2.45, 2.75) is 32.7 Å². The summed E-state index contributed by atoms with van der Waals surface area (Å²) >= 11 is 0. The van der Waals surface area contributed by atoms with Crippen molar-refractivity contribution in [3.63, 3.8) is 0 Å². The number of hydrogen-bond acceptors (Lipinski definition) is 1. The maximum Gasteiger partial charge on any atom is 0.0948 e. The van der Waals surface area contributed by atoms with Gasteiger partial charge in [-0.2, -0.15) is 0 Å². The van der Waals surface area contributed by atoms with E-state index in [2.05, 4.69) is 29.6 Å². The zero-order chi connectivity index (χ0) is 7.90. The van der Waals surface area contributed by atoms with Gasteiger partial charge >= 0.3 is 0 Å². The van der Waals surface area contributed by atoms with E-state index in [1.807, 2.05) is 12.5 Å². The van der Waals surface area contributed by atoms with Gasteiger partial charge in [0.25, 0.3) is 0 Å². The van der Waals surface area contributed by atoms with Crippen molar-refractivity contribution in [3.05, 3.63) is 18.7 Å². The zero-order valence-corrected chi connectivity index (χ0v) is 7.12. The van der Waals surface area contributed by atoms with Crippen molar-refractivity contribution in [1.82, 2.24) is 9.55 Å². The van der Waals surface area contributed by atoms with E-state index in [1.54, 1.807) is 0 Å². The minimum absolute atomic E-state index is 0.556. The van der Waals surface area contributed by atoms with Crippen LogP contribution in [0.1, 0.15) is 32.7 Å². The highest BCUT2D eigenvalue weighted by atomic mass is 15.1. The van der Waals surface area contributed by atoms with E-state index in [-0.39, 0.29) is 0 Å². The van der Waals surface area contributed by atoms with Crippen LogP contribution in [0.2, 0.25) is 0 Å². The summed E-state index contributed by atoms with van der Waals surface area (Å²) in [7, 11) is 0. The number of nitrogens with zero attached hydrogens (tertiary/aromatic N) is 2. The lowest BCUT2D eigenvalue weighted by atomic mass is 10.1.